The van der Waals surface area contributed by atoms with Crippen LogP contribution in [0.1, 0.15) is 11.1 Å². The summed E-state index contributed by atoms with van der Waals surface area (Å²) >= 11 is 0. The molecule has 120 valence electrons. The van der Waals surface area contributed by atoms with Crippen molar-refractivity contribution < 1.29 is 13.9 Å². The molecule has 0 saturated carbocycles. The van der Waals surface area contributed by atoms with Crippen LogP contribution in [0.5, 0.6) is 11.5 Å². The van der Waals surface area contributed by atoms with E-state index in [1.54, 1.807) is 12.1 Å². The Kier molecular flexibility index (Phi) is 4.93. The molecule has 0 aromatic heterocycles. The summed E-state index contributed by atoms with van der Waals surface area (Å²) in [5.74, 6) is 1.42. The van der Waals surface area contributed by atoms with E-state index in [0.717, 1.165) is 30.2 Å². The van der Waals surface area contributed by atoms with Crippen molar-refractivity contribution in [1.82, 2.24) is 4.90 Å². The number of rotatable bonds is 5. The number of nitrogens with zero attached hydrogens (tertiary/aromatic N) is 1. The normalized spacial score (nSPS) is 13.7. The maximum atomic E-state index is 13.5. The molecule has 0 atom stereocenters. The molecule has 1 heterocycles. The van der Waals surface area contributed by atoms with Crippen LogP contribution < -0.4 is 9.47 Å². The first kappa shape index (κ1) is 15.6. The molecular weight excluding hydrogens is 293 g/mol. The van der Waals surface area contributed by atoms with E-state index in [1.165, 1.54) is 6.07 Å². The molecule has 0 radical (unpaired) electrons. The van der Waals surface area contributed by atoms with Crippen molar-refractivity contribution in [2.75, 3.05) is 26.8 Å². The van der Waals surface area contributed by atoms with E-state index in [0.29, 0.717) is 18.8 Å². The molecule has 0 N–H and O–H groups in total. The van der Waals surface area contributed by atoms with Gasteiger partial charge in [-0.15, -0.1) is 0 Å². The lowest BCUT2D eigenvalue weighted by atomic mass is 10.1. The van der Waals surface area contributed by atoms with Gasteiger partial charge in [0.25, 0.3) is 0 Å². The topological polar surface area (TPSA) is 21.7 Å². The van der Waals surface area contributed by atoms with Gasteiger partial charge >= 0.3 is 0 Å². The van der Waals surface area contributed by atoms with E-state index in [1.807, 2.05) is 43.5 Å². The Morgan fingerprint density at radius 1 is 1.09 bits per heavy atom. The largest absolute Gasteiger partial charge is 0.486 e. The zero-order valence-electron chi connectivity index (χ0n) is 13.2. The first-order chi connectivity index (χ1) is 11.2. The van der Waals surface area contributed by atoms with Crippen LogP contribution in [0.25, 0.3) is 6.08 Å². The molecule has 4 heteroatoms. The van der Waals surface area contributed by atoms with Crippen molar-refractivity contribution in [3.63, 3.8) is 0 Å². The SMILES string of the molecule is CN(C/C=C/c1ccccc1F)Cc1ccc2c(c1)OCCO2. The summed E-state index contributed by atoms with van der Waals surface area (Å²) in [6.45, 7) is 2.73. The average Bonchev–Trinajstić information content (AvgIpc) is 2.56. The minimum Gasteiger partial charge on any atom is -0.486 e. The molecule has 3 rings (SSSR count). The van der Waals surface area contributed by atoms with Gasteiger partial charge in [0.2, 0.25) is 0 Å². The fourth-order valence-corrected chi connectivity index (χ4v) is 2.53. The van der Waals surface area contributed by atoms with Crippen molar-refractivity contribution >= 4 is 6.08 Å². The van der Waals surface area contributed by atoms with E-state index in [9.17, 15) is 4.39 Å². The lowest BCUT2D eigenvalue weighted by Gasteiger charge is -2.20. The number of hydrogen-bond donors (Lipinski definition) is 0. The van der Waals surface area contributed by atoms with Crippen LogP contribution in [-0.2, 0) is 6.54 Å². The van der Waals surface area contributed by atoms with Crippen molar-refractivity contribution in [2.45, 2.75) is 6.54 Å². The van der Waals surface area contributed by atoms with Gasteiger partial charge in [0, 0.05) is 18.7 Å². The fourth-order valence-electron chi connectivity index (χ4n) is 2.53. The second-order valence-electron chi connectivity index (χ2n) is 5.60. The van der Waals surface area contributed by atoms with E-state index >= 15 is 0 Å². The third-order valence-electron chi connectivity index (χ3n) is 3.68. The summed E-state index contributed by atoms with van der Waals surface area (Å²) in [5.41, 5.74) is 1.77. The Labute approximate surface area is 136 Å². The van der Waals surface area contributed by atoms with Crippen LogP contribution in [0, 0.1) is 5.82 Å². The highest BCUT2D eigenvalue weighted by Crippen LogP contribution is 2.30. The number of ether oxygens (including phenoxy) is 2. The molecule has 1 aliphatic heterocycles. The first-order valence-corrected chi connectivity index (χ1v) is 7.70. The van der Waals surface area contributed by atoms with Crippen LogP contribution >= 0.6 is 0 Å². The van der Waals surface area contributed by atoms with E-state index < -0.39 is 0 Å². The predicted molar refractivity (Wildman–Crippen MR) is 89.2 cm³/mol. The summed E-state index contributed by atoms with van der Waals surface area (Å²) < 4.78 is 24.7. The van der Waals surface area contributed by atoms with Crippen LogP contribution in [0.3, 0.4) is 0 Å². The Morgan fingerprint density at radius 2 is 1.87 bits per heavy atom. The average molecular weight is 313 g/mol. The Hall–Kier alpha value is -2.33. The van der Waals surface area contributed by atoms with Gasteiger partial charge in [0.05, 0.1) is 0 Å². The number of fused-ring (bicyclic) bond motifs is 1. The van der Waals surface area contributed by atoms with Gasteiger partial charge in [-0.2, -0.15) is 0 Å². The quantitative estimate of drug-likeness (QED) is 0.839. The van der Waals surface area contributed by atoms with Crippen LogP contribution in [0.15, 0.2) is 48.5 Å². The molecule has 0 spiro atoms. The summed E-state index contributed by atoms with van der Waals surface area (Å²) in [7, 11) is 2.03. The van der Waals surface area contributed by atoms with Crippen molar-refractivity contribution in [3.05, 3.63) is 65.5 Å². The second kappa shape index (κ2) is 7.29. The molecule has 2 aromatic carbocycles. The van der Waals surface area contributed by atoms with Crippen LogP contribution in [0.4, 0.5) is 4.39 Å². The molecule has 0 fully saturated rings. The van der Waals surface area contributed by atoms with Crippen LogP contribution in [0.2, 0.25) is 0 Å². The maximum Gasteiger partial charge on any atom is 0.161 e. The summed E-state index contributed by atoms with van der Waals surface area (Å²) in [5, 5.41) is 0. The molecule has 3 nitrogen and oxygen atoms in total. The summed E-state index contributed by atoms with van der Waals surface area (Å²) in [4.78, 5) is 2.16. The molecule has 0 amide bonds. The lowest BCUT2D eigenvalue weighted by molar-refractivity contribution is 0.171. The molecule has 0 saturated heterocycles. The highest BCUT2D eigenvalue weighted by molar-refractivity contribution is 5.49. The zero-order valence-corrected chi connectivity index (χ0v) is 13.2. The monoisotopic (exact) mass is 313 g/mol. The van der Waals surface area contributed by atoms with E-state index in [2.05, 4.69) is 4.90 Å². The zero-order chi connectivity index (χ0) is 16.1. The highest BCUT2D eigenvalue weighted by Gasteiger charge is 2.12. The van der Waals surface area contributed by atoms with E-state index in [4.69, 9.17) is 9.47 Å². The third kappa shape index (κ3) is 4.11. The number of halogens is 1. The van der Waals surface area contributed by atoms with Gasteiger partial charge in [-0.25, -0.2) is 4.39 Å². The van der Waals surface area contributed by atoms with Crippen molar-refractivity contribution in [3.8, 4) is 11.5 Å². The van der Waals surface area contributed by atoms with Gasteiger partial charge in [0.15, 0.2) is 11.5 Å². The third-order valence-corrected chi connectivity index (χ3v) is 3.68. The number of hydrogen-bond acceptors (Lipinski definition) is 3. The Bertz CT molecular complexity index is 700. The fraction of sp³-hybridized carbons (Fsp3) is 0.263. The van der Waals surface area contributed by atoms with Crippen LogP contribution in [-0.4, -0.2) is 31.7 Å². The maximum absolute atomic E-state index is 13.5. The molecule has 1 aliphatic rings. The van der Waals surface area contributed by atoms with Crippen molar-refractivity contribution in [1.29, 1.82) is 0 Å². The van der Waals surface area contributed by atoms with Gasteiger partial charge < -0.3 is 9.47 Å². The highest BCUT2D eigenvalue weighted by atomic mass is 19.1. The number of likely N-dealkylation sites (N-methyl/N-ethyl adjacent to an activating group) is 1. The molecule has 0 bridgehead atoms. The molecule has 0 unspecified atom stereocenters. The molecular formula is C19H20FNO2. The van der Waals surface area contributed by atoms with Crippen molar-refractivity contribution in [2.24, 2.45) is 0 Å². The molecule has 2 aromatic rings. The van der Waals surface area contributed by atoms with Gasteiger partial charge in [-0.1, -0.05) is 36.4 Å². The molecule has 0 aliphatic carbocycles. The Morgan fingerprint density at radius 3 is 2.70 bits per heavy atom. The first-order valence-electron chi connectivity index (χ1n) is 7.70. The van der Waals surface area contributed by atoms with E-state index in [-0.39, 0.29) is 5.82 Å². The summed E-state index contributed by atoms with van der Waals surface area (Å²) in [6, 6.07) is 12.8. The smallest absolute Gasteiger partial charge is 0.161 e. The lowest BCUT2D eigenvalue weighted by Crippen LogP contribution is -2.19. The Balaban J connectivity index is 1.57. The second-order valence-corrected chi connectivity index (χ2v) is 5.60. The minimum absolute atomic E-state index is 0.196. The summed E-state index contributed by atoms with van der Waals surface area (Å²) in [6.07, 6.45) is 3.78. The molecule has 23 heavy (non-hydrogen) atoms. The standard InChI is InChI=1S/C19H20FNO2/c1-21(10-4-6-16-5-2-3-7-17(16)20)14-15-8-9-18-19(13-15)23-12-11-22-18/h2-9,13H,10-12,14H2,1H3/b6-4+. The predicted octanol–water partition coefficient (Wildman–Crippen LogP) is 3.74. The van der Waals surface area contributed by atoms with Gasteiger partial charge in [-0.05, 0) is 30.8 Å². The number of benzene rings is 2. The minimum atomic E-state index is -0.196. The van der Waals surface area contributed by atoms with Gasteiger partial charge in [0.1, 0.15) is 19.0 Å². The van der Waals surface area contributed by atoms with Gasteiger partial charge in [-0.3, -0.25) is 4.90 Å².